The predicted octanol–water partition coefficient (Wildman–Crippen LogP) is 5.22. The van der Waals surface area contributed by atoms with Crippen molar-refractivity contribution in [1.29, 1.82) is 0 Å². The van der Waals surface area contributed by atoms with Crippen molar-refractivity contribution in [3.8, 4) is 11.3 Å². The molecule has 0 aliphatic heterocycles. The molecule has 2 heterocycles. The Morgan fingerprint density at radius 1 is 0.826 bits per heavy atom. The third kappa shape index (κ3) is 2.88. The summed E-state index contributed by atoms with van der Waals surface area (Å²) in [5, 5.41) is 2.43. The first-order valence-corrected chi connectivity index (χ1v) is 8.11. The average molecular weight is 307 g/mol. The zero-order valence-electron chi connectivity index (χ0n) is 14.9. The number of fused-ring (bicyclic) bond motifs is 1. The molecule has 0 amide bonds. The number of H-pyrrole nitrogens is 1. The van der Waals surface area contributed by atoms with E-state index in [-0.39, 0.29) is 10.8 Å². The van der Waals surface area contributed by atoms with Crippen molar-refractivity contribution < 1.29 is 0 Å². The van der Waals surface area contributed by atoms with Crippen molar-refractivity contribution in [1.82, 2.24) is 15.0 Å². The molecule has 0 saturated heterocycles. The van der Waals surface area contributed by atoms with Crippen molar-refractivity contribution in [3.05, 3.63) is 48.2 Å². The fraction of sp³-hybridized carbons (Fsp3) is 0.400. The molecule has 1 N–H and O–H groups in total. The molecule has 23 heavy (non-hydrogen) atoms. The fourth-order valence-electron chi connectivity index (χ4n) is 2.92. The topological polar surface area (TPSA) is 41.6 Å². The van der Waals surface area contributed by atoms with E-state index in [0.29, 0.717) is 0 Å². The third-order valence-corrected chi connectivity index (χ3v) is 4.20. The normalized spacial score (nSPS) is 12.8. The van der Waals surface area contributed by atoms with Crippen LogP contribution >= 0.6 is 0 Å². The monoisotopic (exact) mass is 307 g/mol. The summed E-state index contributed by atoms with van der Waals surface area (Å²) in [5.74, 6) is 1.01. The van der Waals surface area contributed by atoms with Crippen molar-refractivity contribution in [2.45, 2.75) is 52.4 Å². The summed E-state index contributed by atoms with van der Waals surface area (Å²) in [7, 11) is 0. The average Bonchev–Trinajstić information content (AvgIpc) is 2.94. The second-order valence-electron chi connectivity index (χ2n) is 8.23. The highest BCUT2D eigenvalue weighted by atomic mass is 14.9. The number of pyridine rings is 1. The lowest BCUT2D eigenvalue weighted by atomic mass is 9.83. The Balaban J connectivity index is 2.22. The molecular formula is C20H25N3. The fourth-order valence-corrected chi connectivity index (χ4v) is 2.92. The summed E-state index contributed by atoms with van der Waals surface area (Å²) in [4.78, 5) is 12.4. The number of aromatic nitrogens is 3. The van der Waals surface area contributed by atoms with Crippen molar-refractivity contribution >= 4 is 10.8 Å². The van der Waals surface area contributed by atoms with E-state index in [2.05, 4.69) is 74.7 Å². The van der Waals surface area contributed by atoms with Crippen molar-refractivity contribution in [3.63, 3.8) is 0 Å². The summed E-state index contributed by atoms with van der Waals surface area (Å²) in [6.07, 6.45) is 5.77. The lowest BCUT2D eigenvalue weighted by Crippen LogP contribution is -2.13. The van der Waals surface area contributed by atoms with Crippen LogP contribution in [0, 0.1) is 0 Å². The predicted molar refractivity (Wildman–Crippen MR) is 96.7 cm³/mol. The molecule has 0 bridgehead atoms. The Bertz CT molecular complexity index is 845. The van der Waals surface area contributed by atoms with Crippen LogP contribution in [0.3, 0.4) is 0 Å². The molecule has 3 heteroatoms. The Morgan fingerprint density at radius 2 is 1.57 bits per heavy atom. The van der Waals surface area contributed by atoms with E-state index in [1.807, 2.05) is 18.6 Å². The SMILES string of the molecule is CC(C)(C)c1ncc(-c2ccc(C(C)(C)C)c3cnccc23)[nH]1. The standard InChI is InChI=1S/C20H25N3/c1-19(2,3)16-8-7-14(13-9-10-21-11-15(13)16)17-12-22-18(23-17)20(4,5)6/h7-12H,1-6H3,(H,22,23). The quantitative estimate of drug-likeness (QED) is 0.669. The van der Waals surface area contributed by atoms with Gasteiger partial charge in [0, 0.05) is 28.8 Å². The number of benzene rings is 1. The van der Waals surface area contributed by atoms with Gasteiger partial charge in [0.2, 0.25) is 0 Å². The van der Waals surface area contributed by atoms with Gasteiger partial charge < -0.3 is 4.98 Å². The first-order valence-electron chi connectivity index (χ1n) is 8.11. The molecule has 2 aromatic heterocycles. The molecule has 120 valence electrons. The Kier molecular flexibility index (Phi) is 3.55. The van der Waals surface area contributed by atoms with E-state index in [1.54, 1.807) is 0 Å². The van der Waals surface area contributed by atoms with Crippen LogP contribution in [0.5, 0.6) is 0 Å². The highest BCUT2D eigenvalue weighted by molar-refractivity contribution is 5.97. The maximum absolute atomic E-state index is 4.57. The molecule has 3 aromatic rings. The molecule has 1 aromatic carbocycles. The molecule has 0 aliphatic carbocycles. The van der Waals surface area contributed by atoms with Gasteiger partial charge in [-0.15, -0.1) is 0 Å². The molecule has 0 unspecified atom stereocenters. The minimum atomic E-state index is 0.0148. The smallest absolute Gasteiger partial charge is 0.111 e. The molecule has 0 fully saturated rings. The van der Waals surface area contributed by atoms with Crippen LogP contribution in [0.15, 0.2) is 36.8 Å². The van der Waals surface area contributed by atoms with E-state index in [1.165, 1.54) is 21.9 Å². The van der Waals surface area contributed by atoms with E-state index >= 15 is 0 Å². The summed E-state index contributed by atoms with van der Waals surface area (Å²) >= 11 is 0. The molecule has 3 rings (SSSR count). The Labute approximate surface area is 138 Å². The summed E-state index contributed by atoms with van der Waals surface area (Å²) in [6.45, 7) is 13.2. The number of imidazole rings is 1. The van der Waals surface area contributed by atoms with Gasteiger partial charge in [-0.2, -0.15) is 0 Å². The summed E-state index contributed by atoms with van der Waals surface area (Å²) < 4.78 is 0. The van der Waals surface area contributed by atoms with E-state index in [4.69, 9.17) is 0 Å². The van der Waals surface area contributed by atoms with Crippen LogP contribution < -0.4 is 0 Å². The minimum absolute atomic E-state index is 0.0148. The van der Waals surface area contributed by atoms with Gasteiger partial charge in [-0.05, 0) is 22.4 Å². The van der Waals surface area contributed by atoms with E-state index in [0.717, 1.165) is 11.5 Å². The van der Waals surface area contributed by atoms with Crippen LogP contribution in [0.4, 0.5) is 0 Å². The number of rotatable bonds is 1. The van der Waals surface area contributed by atoms with Gasteiger partial charge in [0.1, 0.15) is 5.82 Å². The van der Waals surface area contributed by atoms with Crippen molar-refractivity contribution in [2.24, 2.45) is 0 Å². The highest BCUT2D eigenvalue weighted by Gasteiger charge is 2.21. The second kappa shape index (κ2) is 5.19. The number of aromatic amines is 1. The Hall–Kier alpha value is -2.16. The molecule has 0 radical (unpaired) electrons. The van der Waals surface area contributed by atoms with E-state index in [9.17, 15) is 0 Å². The number of hydrogen-bond acceptors (Lipinski definition) is 2. The van der Waals surface area contributed by atoms with Gasteiger partial charge in [0.25, 0.3) is 0 Å². The molecule has 3 nitrogen and oxygen atoms in total. The number of hydrogen-bond donors (Lipinski definition) is 1. The molecule has 0 aliphatic rings. The lowest BCUT2D eigenvalue weighted by molar-refractivity contribution is 0.553. The first kappa shape index (κ1) is 15.7. The molecule has 0 atom stereocenters. The van der Waals surface area contributed by atoms with Gasteiger partial charge in [-0.3, -0.25) is 4.98 Å². The zero-order chi connectivity index (χ0) is 16.8. The van der Waals surface area contributed by atoms with Crippen LogP contribution in [0.25, 0.3) is 22.0 Å². The Morgan fingerprint density at radius 3 is 2.17 bits per heavy atom. The van der Waals surface area contributed by atoms with Crippen LogP contribution in [-0.4, -0.2) is 15.0 Å². The van der Waals surface area contributed by atoms with Crippen LogP contribution in [0.1, 0.15) is 52.9 Å². The van der Waals surface area contributed by atoms with Crippen LogP contribution in [0.2, 0.25) is 0 Å². The van der Waals surface area contributed by atoms with Crippen LogP contribution in [-0.2, 0) is 10.8 Å². The molecule has 0 spiro atoms. The van der Waals surface area contributed by atoms with Gasteiger partial charge in [0.05, 0.1) is 11.9 Å². The molecular weight excluding hydrogens is 282 g/mol. The summed E-state index contributed by atoms with van der Waals surface area (Å²) in [5.41, 5.74) is 3.66. The van der Waals surface area contributed by atoms with Gasteiger partial charge in [-0.25, -0.2) is 4.98 Å². The lowest BCUT2D eigenvalue weighted by Gasteiger charge is -2.22. The highest BCUT2D eigenvalue weighted by Crippen LogP contribution is 2.35. The number of nitrogens with one attached hydrogen (secondary N) is 1. The van der Waals surface area contributed by atoms with Gasteiger partial charge >= 0.3 is 0 Å². The van der Waals surface area contributed by atoms with Gasteiger partial charge in [0.15, 0.2) is 0 Å². The molecule has 0 saturated carbocycles. The maximum Gasteiger partial charge on any atom is 0.111 e. The zero-order valence-corrected chi connectivity index (χ0v) is 14.9. The largest absolute Gasteiger partial charge is 0.342 e. The van der Waals surface area contributed by atoms with Crippen molar-refractivity contribution in [2.75, 3.05) is 0 Å². The van der Waals surface area contributed by atoms with E-state index < -0.39 is 0 Å². The summed E-state index contributed by atoms with van der Waals surface area (Å²) in [6, 6.07) is 6.51. The number of nitrogens with zero attached hydrogens (tertiary/aromatic N) is 2. The minimum Gasteiger partial charge on any atom is -0.342 e. The second-order valence-corrected chi connectivity index (χ2v) is 8.23. The van der Waals surface area contributed by atoms with Gasteiger partial charge in [-0.1, -0.05) is 53.7 Å². The maximum atomic E-state index is 4.57. The first-order chi connectivity index (χ1) is 10.7. The third-order valence-electron chi connectivity index (χ3n) is 4.20.